The molecule has 4 nitrogen and oxygen atoms in total. The van der Waals surface area contributed by atoms with Gasteiger partial charge in [0.2, 0.25) is 5.91 Å². The number of fused-ring (bicyclic) bond motifs is 3. The highest BCUT2D eigenvalue weighted by atomic mass is 79.9. The van der Waals surface area contributed by atoms with Crippen LogP contribution in [-0.4, -0.2) is 29.4 Å². The molecule has 0 aliphatic carbocycles. The summed E-state index contributed by atoms with van der Waals surface area (Å²) in [7, 11) is 1.68. The number of aromatic amines is 1. The maximum atomic E-state index is 12.7. The number of aromatic nitrogens is 1. The topological polar surface area (TPSA) is 45.3 Å². The molecule has 1 N–H and O–H groups in total. The van der Waals surface area contributed by atoms with Gasteiger partial charge in [-0.2, -0.15) is 0 Å². The molecule has 3 aromatic rings. The fourth-order valence-electron chi connectivity index (χ4n) is 3.49. The van der Waals surface area contributed by atoms with Crippen molar-refractivity contribution in [3.8, 4) is 5.75 Å². The Morgan fingerprint density at radius 1 is 1.28 bits per heavy atom. The van der Waals surface area contributed by atoms with Gasteiger partial charge in [-0.15, -0.1) is 0 Å². The van der Waals surface area contributed by atoms with Gasteiger partial charge in [0, 0.05) is 27.6 Å². The quantitative estimate of drug-likeness (QED) is 0.722. The first-order valence-corrected chi connectivity index (χ1v) is 9.13. The van der Waals surface area contributed by atoms with Crippen LogP contribution in [0, 0.1) is 0 Å². The fraction of sp³-hybridized carbons (Fsp3) is 0.250. The SMILES string of the molecule is COc1ccc2[nH]c3c(c2c1)CCN(C(=O)Cc1cccc(Br)c1)C3. The van der Waals surface area contributed by atoms with Crippen LogP contribution in [0.15, 0.2) is 46.9 Å². The van der Waals surface area contributed by atoms with Crippen LogP contribution < -0.4 is 4.74 Å². The summed E-state index contributed by atoms with van der Waals surface area (Å²) in [6, 6.07) is 14.0. The van der Waals surface area contributed by atoms with E-state index in [1.807, 2.05) is 41.3 Å². The van der Waals surface area contributed by atoms with E-state index in [1.165, 1.54) is 10.9 Å². The van der Waals surface area contributed by atoms with E-state index in [4.69, 9.17) is 4.74 Å². The molecule has 0 saturated heterocycles. The summed E-state index contributed by atoms with van der Waals surface area (Å²) in [5.41, 5.74) is 4.58. The Morgan fingerprint density at radius 3 is 2.96 bits per heavy atom. The third kappa shape index (κ3) is 3.16. The number of hydrogen-bond acceptors (Lipinski definition) is 2. The van der Waals surface area contributed by atoms with Crippen molar-refractivity contribution in [2.24, 2.45) is 0 Å². The molecule has 25 heavy (non-hydrogen) atoms. The van der Waals surface area contributed by atoms with E-state index >= 15 is 0 Å². The second-order valence-corrected chi connectivity index (χ2v) is 7.28. The first-order chi connectivity index (χ1) is 12.1. The van der Waals surface area contributed by atoms with Crippen LogP contribution in [0.25, 0.3) is 10.9 Å². The molecule has 0 atom stereocenters. The van der Waals surface area contributed by atoms with Gasteiger partial charge in [-0.05, 0) is 47.9 Å². The first-order valence-electron chi connectivity index (χ1n) is 8.34. The van der Waals surface area contributed by atoms with Crippen LogP contribution >= 0.6 is 15.9 Å². The Hall–Kier alpha value is -2.27. The van der Waals surface area contributed by atoms with Gasteiger partial charge in [0.25, 0.3) is 0 Å². The van der Waals surface area contributed by atoms with Crippen LogP contribution in [0.4, 0.5) is 0 Å². The minimum atomic E-state index is 0.167. The molecule has 1 aromatic heterocycles. The Kier molecular flexibility index (Phi) is 4.25. The van der Waals surface area contributed by atoms with Crippen LogP contribution in [-0.2, 0) is 24.2 Å². The van der Waals surface area contributed by atoms with E-state index in [0.717, 1.165) is 40.0 Å². The molecule has 0 unspecified atom stereocenters. The normalized spacial score (nSPS) is 13.8. The van der Waals surface area contributed by atoms with Crippen LogP contribution in [0.5, 0.6) is 5.75 Å². The summed E-state index contributed by atoms with van der Waals surface area (Å²) >= 11 is 3.46. The molecule has 2 heterocycles. The van der Waals surface area contributed by atoms with E-state index in [0.29, 0.717) is 13.0 Å². The average molecular weight is 399 g/mol. The summed E-state index contributed by atoms with van der Waals surface area (Å²) in [5, 5.41) is 1.20. The van der Waals surface area contributed by atoms with Gasteiger partial charge in [-0.3, -0.25) is 4.79 Å². The monoisotopic (exact) mass is 398 g/mol. The fourth-order valence-corrected chi connectivity index (χ4v) is 3.94. The van der Waals surface area contributed by atoms with Crippen LogP contribution in [0.3, 0.4) is 0 Å². The van der Waals surface area contributed by atoms with Crippen molar-refractivity contribution in [2.45, 2.75) is 19.4 Å². The number of halogens is 1. The largest absolute Gasteiger partial charge is 0.497 e. The van der Waals surface area contributed by atoms with Gasteiger partial charge < -0.3 is 14.6 Å². The molecule has 0 bridgehead atoms. The minimum Gasteiger partial charge on any atom is -0.497 e. The molecular formula is C20H19BrN2O2. The van der Waals surface area contributed by atoms with E-state index < -0.39 is 0 Å². The molecule has 1 amide bonds. The molecular weight excluding hydrogens is 380 g/mol. The molecule has 0 spiro atoms. The zero-order valence-corrected chi connectivity index (χ0v) is 15.6. The summed E-state index contributed by atoms with van der Waals surface area (Å²) in [5.74, 6) is 1.03. The lowest BCUT2D eigenvalue weighted by Crippen LogP contribution is -2.36. The molecule has 0 radical (unpaired) electrons. The van der Waals surface area contributed by atoms with Gasteiger partial charge >= 0.3 is 0 Å². The van der Waals surface area contributed by atoms with Crippen LogP contribution in [0.2, 0.25) is 0 Å². The molecule has 1 aliphatic heterocycles. The number of amides is 1. The van der Waals surface area contributed by atoms with E-state index in [9.17, 15) is 4.79 Å². The van der Waals surface area contributed by atoms with Crippen molar-refractivity contribution in [3.63, 3.8) is 0 Å². The number of H-pyrrole nitrogens is 1. The lowest BCUT2D eigenvalue weighted by atomic mass is 10.0. The lowest BCUT2D eigenvalue weighted by molar-refractivity contribution is -0.131. The number of nitrogens with zero attached hydrogens (tertiary/aromatic N) is 1. The molecule has 2 aromatic carbocycles. The zero-order valence-electron chi connectivity index (χ0n) is 14.0. The van der Waals surface area contributed by atoms with Crippen molar-refractivity contribution in [1.29, 1.82) is 0 Å². The minimum absolute atomic E-state index is 0.167. The standard InChI is InChI=1S/C20H19BrN2O2/c1-25-15-5-6-18-17(11-15)16-7-8-23(12-19(16)22-18)20(24)10-13-3-2-4-14(21)9-13/h2-6,9,11,22H,7-8,10,12H2,1H3. The van der Waals surface area contributed by atoms with Crippen LogP contribution in [0.1, 0.15) is 16.8 Å². The molecule has 0 saturated carbocycles. The smallest absolute Gasteiger partial charge is 0.227 e. The van der Waals surface area contributed by atoms with Gasteiger partial charge in [-0.25, -0.2) is 0 Å². The lowest BCUT2D eigenvalue weighted by Gasteiger charge is -2.27. The summed E-state index contributed by atoms with van der Waals surface area (Å²) < 4.78 is 6.34. The summed E-state index contributed by atoms with van der Waals surface area (Å²) in [6.45, 7) is 1.39. The van der Waals surface area contributed by atoms with Gasteiger partial charge in [-0.1, -0.05) is 28.1 Å². The van der Waals surface area contributed by atoms with E-state index in [2.05, 4.69) is 27.0 Å². The highest BCUT2D eigenvalue weighted by Crippen LogP contribution is 2.30. The van der Waals surface area contributed by atoms with Crippen molar-refractivity contribution < 1.29 is 9.53 Å². The zero-order chi connectivity index (χ0) is 17.4. The Balaban J connectivity index is 1.55. The maximum absolute atomic E-state index is 12.7. The molecule has 4 rings (SSSR count). The third-order valence-corrected chi connectivity index (χ3v) is 5.27. The second kappa shape index (κ2) is 6.56. The Morgan fingerprint density at radius 2 is 2.16 bits per heavy atom. The summed E-state index contributed by atoms with van der Waals surface area (Å²) in [6.07, 6.45) is 1.30. The molecule has 5 heteroatoms. The molecule has 1 aliphatic rings. The van der Waals surface area contributed by atoms with Gasteiger partial charge in [0.15, 0.2) is 0 Å². The van der Waals surface area contributed by atoms with Gasteiger partial charge in [0.1, 0.15) is 5.75 Å². The summed E-state index contributed by atoms with van der Waals surface area (Å²) in [4.78, 5) is 18.1. The number of rotatable bonds is 3. The molecule has 0 fully saturated rings. The Labute approximate surface area is 154 Å². The van der Waals surface area contributed by atoms with Crippen molar-refractivity contribution in [3.05, 3.63) is 63.8 Å². The van der Waals surface area contributed by atoms with Crippen molar-refractivity contribution in [2.75, 3.05) is 13.7 Å². The number of nitrogens with one attached hydrogen (secondary N) is 1. The number of benzene rings is 2. The predicted molar refractivity (Wildman–Crippen MR) is 102 cm³/mol. The average Bonchev–Trinajstić information content (AvgIpc) is 2.98. The van der Waals surface area contributed by atoms with E-state index in [1.54, 1.807) is 7.11 Å². The highest BCUT2D eigenvalue weighted by Gasteiger charge is 2.24. The van der Waals surface area contributed by atoms with E-state index in [-0.39, 0.29) is 5.91 Å². The third-order valence-electron chi connectivity index (χ3n) is 4.78. The number of methoxy groups -OCH3 is 1. The van der Waals surface area contributed by atoms with Gasteiger partial charge in [0.05, 0.1) is 20.1 Å². The maximum Gasteiger partial charge on any atom is 0.227 e. The number of ether oxygens (including phenoxy) is 1. The predicted octanol–water partition coefficient (Wildman–Crippen LogP) is 4.07. The van der Waals surface area contributed by atoms with Crippen molar-refractivity contribution >= 4 is 32.7 Å². The number of carbonyl (C=O) groups is 1. The number of carbonyl (C=O) groups excluding carboxylic acids is 1. The second-order valence-electron chi connectivity index (χ2n) is 6.37. The highest BCUT2D eigenvalue weighted by molar-refractivity contribution is 9.10. The van der Waals surface area contributed by atoms with Crippen molar-refractivity contribution in [1.82, 2.24) is 9.88 Å². The first kappa shape index (κ1) is 16.2. The Bertz CT molecular complexity index is 948. The molecule has 128 valence electrons. The number of hydrogen-bond donors (Lipinski definition) is 1.